The molecule has 2 rings (SSSR count). The highest BCUT2D eigenvalue weighted by Crippen LogP contribution is 2.44. The first kappa shape index (κ1) is 14.9. The summed E-state index contributed by atoms with van der Waals surface area (Å²) in [6.07, 6.45) is 5.31. The molecule has 0 saturated heterocycles. The lowest BCUT2D eigenvalue weighted by molar-refractivity contribution is 0.429. The molecule has 0 aromatic heterocycles. The van der Waals surface area contributed by atoms with Gasteiger partial charge in [0.1, 0.15) is 11.4 Å². The van der Waals surface area contributed by atoms with Crippen LogP contribution in [0.25, 0.3) is 0 Å². The van der Waals surface area contributed by atoms with Gasteiger partial charge in [-0.1, -0.05) is 12.8 Å². The quantitative estimate of drug-likeness (QED) is 0.489. The topological polar surface area (TPSA) is 63.6 Å². The van der Waals surface area contributed by atoms with Crippen LogP contribution in [0, 0.1) is 12.7 Å². The summed E-state index contributed by atoms with van der Waals surface area (Å²) in [5.41, 5.74) is -0.416. The van der Waals surface area contributed by atoms with Gasteiger partial charge >= 0.3 is 0 Å². The molecule has 20 heavy (non-hydrogen) atoms. The molecule has 0 radical (unpaired) electrons. The van der Waals surface area contributed by atoms with E-state index in [-0.39, 0.29) is 10.5 Å². The summed E-state index contributed by atoms with van der Waals surface area (Å²) in [4.78, 5) is 14.6. The molecule has 0 aliphatic heterocycles. The lowest BCUT2D eigenvalue weighted by Crippen LogP contribution is -2.21. The van der Waals surface area contributed by atoms with Gasteiger partial charge in [0.15, 0.2) is 9.84 Å². The van der Waals surface area contributed by atoms with E-state index in [1.54, 1.807) is 6.92 Å². The van der Waals surface area contributed by atoms with Gasteiger partial charge in [-0.05, 0) is 37.5 Å². The summed E-state index contributed by atoms with van der Waals surface area (Å²) in [6.45, 7) is 1.55. The molecule has 1 aliphatic rings. The largest absolute Gasteiger partial charge is 0.235 e. The maximum atomic E-state index is 14.3. The summed E-state index contributed by atoms with van der Waals surface area (Å²) in [5.74, 6) is -0.518. The van der Waals surface area contributed by atoms with Crippen molar-refractivity contribution >= 4 is 15.9 Å². The van der Waals surface area contributed by atoms with E-state index in [2.05, 4.69) is 4.99 Å². The third kappa shape index (κ3) is 2.53. The minimum Gasteiger partial charge on any atom is -0.224 e. The smallest absolute Gasteiger partial charge is 0.224 e. The van der Waals surface area contributed by atoms with Crippen molar-refractivity contribution in [2.24, 2.45) is 4.99 Å². The number of hydrogen-bond acceptors (Lipinski definition) is 4. The highest BCUT2D eigenvalue weighted by atomic mass is 32.2. The number of sulfone groups is 1. The molecule has 4 nitrogen and oxygen atoms in total. The Balaban J connectivity index is 2.71. The van der Waals surface area contributed by atoms with E-state index in [9.17, 15) is 17.6 Å². The molecule has 1 saturated carbocycles. The maximum absolute atomic E-state index is 14.3. The fourth-order valence-electron chi connectivity index (χ4n) is 2.90. The van der Waals surface area contributed by atoms with E-state index < -0.39 is 21.2 Å². The number of rotatable bonds is 3. The monoisotopic (exact) mass is 297 g/mol. The van der Waals surface area contributed by atoms with Crippen LogP contribution in [-0.4, -0.2) is 20.8 Å². The standard InChI is InChI=1S/C14H16FNO3S/c1-10-7-12(15)11(8-13(10)20(2,18)19)14(16-9-17)5-3-4-6-14/h7-8H,3-6H2,1-2H3. The Bertz CT molecular complexity index is 685. The molecular formula is C14H16FNO3S. The van der Waals surface area contributed by atoms with E-state index >= 15 is 0 Å². The molecular weight excluding hydrogens is 281 g/mol. The predicted molar refractivity (Wildman–Crippen MR) is 72.5 cm³/mol. The molecule has 0 amide bonds. The number of carbonyl (C=O) groups excluding carboxylic acids is 1. The zero-order valence-corrected chi connectivity index (χ0v) is 12.3. The van der Waals surface area contributed by atoms with E-state index in [4.69, 9.17) is 0 Å². The zero-order valence-electron chi connectivity index (χ0n) is 11.4. The van der Waals surface area contributed by atoms with Crippen LogP contribution < -0.4 is 0 Å². The zero-order chi connectivity index (χ0) is 15.0. The summed E-state index contributed by atoms with van der Waals surface area (Å²) >= 11 is 0. The van der Waals surface area contributed by atoms with Gasteiger partial charge < -0.3 is 0 Å². The fourth-order valence-corrected chi connectivity index (χ4v) is 3.87. The number of nitrogens with zero attached hydrogens (tertiary/aromatic N) is 1. The van der Waals surface area contributed by atoms with Gasteiger partial charge in [0, 0.05) is 11.8 Å². The van der Waals surface area contributed by atoms with Crippen molar-refractivity contribution in [2.45, 2.75) is 43.0 Å². The molecule has 0 bridgehead atoms. The molecule has 1 aromatic rings. The van der Waals surface area contributed by atoms with E-state index in [1.807, 2.05) is 0 Å². The first-order chi connectivity index (χ1) is 9.30. The van der Waals surface area contributed by atoms with Gasteiger partial charge in [0.05, 0.1) is 4.90 Å². The summed E-state index contributed by atoms with van der Waals surface area (Å²) in [7, 11) is -3.45. The van der Waals surface area contributed by atoms with Crippen molar-refractivity contribution in [3.63, 3.8) is 0 Å². The third-order valence-electron chi connectivity index (χ3n) is 3.86. The van der Waals surface area contributed by atoms with Gasteiger partial charge in [-0.25, -0.2) is 17.6 Å². The molecule has 1 fully saturated rings. The van der Waals surface area contributed by atoms with Crippen molar-refractivity contribution < 1.29 is 17.6 Å². The van der Waals surface area contributed by atoms with Crippen LogP contribution in [0.1, 0.15) is 36.8 Å². The minimum absolute atomic E-state index is 0.0845. The van der Waals surface area contributed by atoms with Crippen molar-refractivity contribution in [3.8, 4) is 0 Å². The summed E-state index contributed by atoms with van der Waals surface area (Å²) in [6, 6.07) is 2.53. The summed E-state index contributed by atoms with van der Waals surface area (Å²) in [5, 5.41) is 0. The Morgan fingerprint density at radius 2 is 1.90 bits per heavy atom. The van der Waals surface area contributed by atoms with Crippen molar-refractivity contribution in [2.75, 3.05) is 6.26 Å². The highest BCUT2D eigenvalue weighted by Gasteiger charge is 2.38. The molecule has 0 heterocycles. The van der Waals surface area contributed by atoms with Crippen molar-refractivity contribution in [3.05, 3.63) is 29.1 Å². The molecule has 0 atom stereocenters. The molecule has 1 aliphatic carbocycles. The average Bonchev–Trinajstić information content (AvgIpc) is 2.77. The Morgan fingerprint density at radius 1 is 1.30 bits per heavy atom. The van der Waals surface area contributed by atoms with E-state index in [0.717, 1.165) is 19.1 Å². The number of isocyanates is 1. The van der Waals surface area contributed by atoms with Crippen molar-refractivity contribution in [1.82, 2.24) is 0 Å². The molecule has 6 heteroatoms. The Morgan fingerprint density at radius 3 is 2.40 bits per heavy atom. The Labute approximate surface area is 117 Å². The first-order valence-corrected chi connectivity index (χ1v) is 8.29. The van der Waals surface area contributed by atoms with Gasteiger partial charge in [-0.3, -0.25) is 0 Å². The van der Waals surface area contributed by atoms with Crippen LogP contribution in [0.15, 0.2) is 22.0 Å². The second-order valence-corrected chi connectivity index (χ2v) is 7.30. The van der Waals surface area contributed by atoms with Crippen LogP contribution in [0.2, 0.25) is 0 Å². The van der Waals surface area contributed by atoms with E-state index in [1.165, 1.54) is 18.2 Å². The molecule has 108 valence electrons. The Hall–Kier alpha value is -1.52. The highest BCUT2D eigenvalue weighted by molar-refractivity contribution is 7.90. The predicted octanol–water partition coefficient (Wildman–Crippen LogP) is 2.64. The van der Waals surface area contributed by atoms with Gasteiger partial charge in [-0.2, -0.15) is 4.99 Å². The minimum atomic E-state index is -3.45. The van der Waals surface area contributed by atoms with Crippen LogP contribution in [0.4, 0.5) is 4.39 Å². The maximum Gasteiger partial charge on any atom is 0.235 e. The fraction of sp³-hybridized carbons (Fsp3) is 0.500. The third-order valence-corrected chi connectivity index (χ3v) is 5.09. The van der Waals surface area contributed by atoms with Crippen LogP contribution in [0.3, 0.4) is 0 Å². The molecule has 0 unspecified atom stereocenters. The van der Waals surface area contributed by atoms with Crippen LogP contribution >= 0.6 is 0 Å². The Kier molecular flexibility index (Phi) is 3.80. The normalized spacial score (nSPS) is 17.8. The number of aryl methyl sites for hydroxylation is 1. The number of aliphatic imine (C=N–C) groups is 1. The number of halogens is 1. The van der Waals surface area contributed by atoms with E-state index in [0.29, 0.717) is 18.4 Å². The summed E-state index contributed by atoms with van der Waals surface area (Å²) < 4.78 is 37.8. The van der Waals surface area contributed by atoms with Crippen molar-refractivity contribution in [1.29, 1.82) is 0 Å². The molecule has 0 spiro atoms. The van der Waals surface area contributed by atoms with Gasteiger partial charge in [0.25, 0.3) is 0 Å². The first-order valence-electron chi connectivity index (χ1n) is 6.40. The second-order valence-electron chi connectivity index (χ2n) is 5.31. The molecule has 0 N–H and O–H groups in total. The number of hydrogen-bond donors (Lipinski definition) is 0. The van der Waals surface area contributed by atoms with Crippen LogP contribution in [-0.2, 0) is 20.2 Å². The second kappa shape index (κ2) is 5.11. The lowest BCUT2D eigenvalue weighted by Gasteiger charge is -2.24. The van der Waals surface area contributed by atoms with Gasteiger partial charge in [0.2, 0.25) is 6.08 Å². The average molecular weight is 297 g/mol. The van der Waals surface area contributed by atoms with Crippen LogP contribution in [0.5, 0.6) is 0 Å². The number of benzene rings is 1. The van der Waals surface area contributed by atoms with Gasteiger partial charge in [-0.15, -0.1) is 0 Å². The lowest BCUT2D eigenvalue weighted by atomic mass is 9.88. The SMILES string of the molecule is Cc1cc(F)c(C2(N=C=O)CCCC2)cc1S(C)(=O)=O. The molecule has 1 aromatic carbocycles.